The van der Waals surface area contributed by atoms with E-state index in [9.17, 15) is 12.8 Å². The quantitative estimate of drug-likeness (QED) is 0.812. The van der Waals surface area contributed by atoms with Crippen LogP contribution in [-0.2, 0) is 16.4 Å². The van der Waals surface area contributed by atoms with Crippen LogP contribution in [0.5, 0.6) is 0 Å². The van der Waals surface area contributed by atoms with Crippen LogP contribution in [-0.4, -0.2) is 32.4 Å². The van der Waals surface area contributed by atoms with Gasteiger partial charge in [-0.2, -0.15) is 4.31 Å². The molecule has 0 aliphatic rings. The van der Waals surface area contributed by atoms with Crippen LogP contribution >= 0.6 is 12.4 Å². The minimum atomic E-state index is -3.76. The van der Waals surface area contributed by atoms with E-state index in [1.165, 1.54) is 16.4 Å². The van der Waals surface area contributed by atoms with Gasteiger partial charge in [-0.05, 0) is 36.6 Å². The standard InChI is InChI=1S/C17H21FN2O2S.ClH/c1-14-7-8-16(13-17(14)18)23(21,22)20(12-10-19)11-9-15-5-3-2-4-6-15;/h2-8,13H,9-12,19H2,1H3;1H. The molecule has 2 aromatic rings. The van der Waals surface area contributed by atoms with Crippen molar-refractivity contribution in [1.29, 1.82) is 0 Å². The fraction of sp³-hybridized carbons (Fsp3) is 0.294. The van der Waals surface area contributed by atoms with Crippen LogP contribution in [0, 0.1) is 12.7 Å². The third-order valence-electron chi connectivity index (χ3n) is 3.65. The van der Waals surface area contributed by atoms with Crippen LogP contribution in [0.15, 0.2) is 53.4 Å². The minimum Gasteiger partial charge on any atom is -0.329 e. The van der Waals surface area contributed by atoms with Crippen molar-refractivity contribution in [2.45, 2.75) is 18.2 Å². The van der Waals surface area contributed by atoms with Gasteiger partial charge in [0.15, 0.2) is 0 Å². The molecular formula is C17H22ClFN2O2S. The van der Waals surface area contributed by atoms with E-state index in [1.54, 1.807) is 6.92 Å². The molecular weight excluding hydrogens is 351 g/mol. The molecule has 0 heterocycles. The predicted octanol–water partition coefficient (Wildman–Crippen LogP) is 2.75. The van der Waals surface area contributed by atoms with E-state index in [0.29, 0.717) is 18.5 Å². The first-order valence-corrected chi connectivity index (χ1v) is 8.89. The summed E-state index contributed by atoms with van der Waals surface area (Å²) in [7, 11) is -3.76. The third kappa shape index (κ3) is 5.01. The van der Waals surface area contributed by atoms with Crippen molar-refractivity contribution < 1.29 is 12.8 Å². The molecule has 0 aliphatic heterocycles. The van der Waals surface area contributed by atoms with Gasteiger partial charge in [0.2, 0.25) is 10.0 Å². The average Bonchev–Trinajstić information content (AvgIpc) is 2.54. The zero-order valence-corrected chi connectivity index (χ0v) is 15.1. The van der Waals surface area contributed by atoms with E-state index >= 15 is 0 Å². The number of hydrogen-bond acceptors (Lipinski definition) is 3. The van der Waals surface area contributed by atoms with Crippen molar-refractivity contribution in [3.8, 4) is 0 Å². The van der Waals surface area contributed by atoms with Crippen molar-refractivity contribution >= 4 is 22.4 Å². The van der Waals surface area contributed by atoms with Gasteiger partial charge in [-0.1, -0.05) is 36.4 Å². The zero-order chi connectivity index (χ0) is 16.9. The molecule has 0 bridgehead atoms. The lowest BCUT2D eigenvalue weighted by Gasteiger charge is -2.22. The van der Waals surface area contributed by atoms with Gasteiger partial charge in [0.25, 0.3) is 0 Å². The number of aryl methyl sites for hydroxylation is 1. The summed E-state index contributed by atoms with van der Waals surface area (Å²) in [6.07, 6.45) is 0.578. The Hall–Kier alpha value is -1.47. The number of nitrogens with zero attached hydrogens (tertiary/aromatic N) is 1. The maximum absolute atomic E-state index is 13.7. The Morgan fingerprint density at radius 3 is 2.33 bits per heavy atom. The molecule has 2 aromatic carbocycles. The smallest absolute Gasteiger partial charge is 0.243 e. The Morgan fingerprint density at radius 1 is 1.08 bits per heavy atom. The SMILES string of the molecule is Cc1ccc(S(=O)(=O)N(CCN)CCc2ccccc2)cc1F.Cl. The molecule has 0 amide bonds. The third-order valence-corrected chi connectivity index (χ3v) is 5.55. The van der Waals surface area contributed by atoms with Crippen LogP contribution in [0.25, 0.3) is 0 Å². The second-order valence-corrected chi connectivity index (χ2v) is 7.28. The molecule has 0 unspecified atom stereocenters. The van der Waals surface area contributed by atoms with Crippen LogP contribution in [0.3, 0.4) is 0 Å². The molecule has 0 atom stereocenters. The van der Waals surface area contributed by atoms with Crippen LogP contribution in [0.1, 0.15) is 11.1 Å². The first kappa shape index (κ1) is 20.6. The molecule has 0 saturated heterocycles. The summed E-state index contributed by atoms with van der Waals surface area (Å²) in [6, 6.07) is 13.6. The van der Waals surface area contributed by atoms with E-state index in [1.807, 2.05) is 30.3 Å². The maximum atomic E-state index is 13.7. The van der Waals surface area contributed by atoms with Crippen LogP contribution < -0.4 is 5.73 Å². The molecule has 4 nitrogen and oxygen atoms in total. The van der Waals surface area contributed by atoms with Gasteiger partial charge in [0, 0.05) is 19.6 Å². The van der Waals surface area contributed by atoms with Gasteiger partial charge in [0.05, 0.1) is 4.90 Å². The highest BCUT2D eigenvalue weighted by Gasteiger charge is 2.24. The van der Waals surface area contributed by atoms with Crippen molar-refractivity contribution in [3.63, 3.8) is 0 Å². The summed E-state index contributed by atoms with van der Waals surface area (Å²) in [4.78, 5) is -0.0397. The van der Waals surface area contributed by atoms with Gasteiger partial charge < -0.3 is 5.73 Å². The van der Waals surface area contributed by atoms with Crippen molar-refractivity contribution in [2.75, 3.05) is 19.6 Å². The average molecular weight is 373 g/mol. The van der Waals surface area contributed by atoms with E-state index in [0.717, 1.165) is 11.6 Å². The van der Waals surface area contributed by atoms with Gasteiger partial charge in [-0.15, -0.1) is 12.4 Å². The molecule has 24 heavy (non-hydrogen) atoms. The highest BCUT2D eigenvalue weighted by molar-refractivity contribution is 7.89. The number of benzene rings is 2. The normalized spacial score (nSPS) is 11.3. The Morgan fingerprint density at radius 2 is 1.75 bits per heavy atom. The van der Waals surface area contributed by atoms with Crippen molar-refractivity contribution in [1.82, 2.24) is 4.31 Å². The highest BCUT2D eigenvalue weighted by Crippen LogP contribution is 2.19. The Bertz CT molecular complexity index is 754. The van der Waals surface area contributed by atoms with Crippen molar-refractivity contribution in [3.05, 3.63) is 65.5 Å². The van der Waals surface area contributed by atoms with Gasteiger partial charge in [-0.3, -0.25) is 0 Å². The first-order valence-electron chi connectivity index (χ1n) is 7.45. The van der Waals surface area contributed by atoms with E-state index in [-0.39, 0.29) is 30.4 Å². The van der Waals surface area contributed by atoms with E-state index in [2.05, 4.69) is 0 Å². The fourth-order valence-electron chi connectivity index (χ4n) is 2.28. The molecule has 0 spiro atoms. The zero-order valence-electron chi connectivity index (χ0n) is 13.5. The summed E-state index contributed by atoms with van der Waals surface area (Å²) in [5.41, 5.74) is 7.00. The Balaban J connectivity index is 0.00000288. The second kappa shape index (κ2) is 9.13. The molecule has 132 valence electrons. The molecule has 2 N–H and O–H groups in total. The lowest BCUT2D eigenvalue weighted by molar-refractivity contribution is 0.421. The van der Waals surface area contributed by atoms with Crippen molar-refractivity contribution in [2.24, 2.45) is 5.73 Å². The highest BCUT2D eigenvalue weighted by atomic mass is 35.5. The molecule has 0 radical (unpaired) electrons. The lowest BCUT2D eigenvalue weighted by Crippen LogP contribution is -2.37. The summed E-state index contributed by atoms with van der Waals surface area (Å²) in [6.45, 7) is 2.31. The lowest BCUT2D eigenvalue weighted by atomic mass is 10.1. The molecule has 0 saturated carbocycles. The summed E-state index contributed by atoms with van der Waals surface area (Å²) in [5.74, 6) is -0.526. The van der Waals surface area contributed by atoms with E-state index in [4.69, 9.17) is 5.73 Å². The number of sulfonamides is 1. The topological polar surface area (TPSA) is 63.4 Å². The van der Waals surface area contributed by atoms with Gasteiger partial charge in [-0.25, -0.2) is 12.8 Å². The molecule has 2 rings (SSSR count). The predicted molar refractivity (Wildman–Crippen MR) is 96.3 cm³/mol. The largest absolute Gasteiger partial charge is 0.329 e. The number of halogens is 2. The minimum absolute atomic E-state index is 0. The molecule has 0 aromatic heterocycles. The summed E-state index contributed by atoms with van der Waals surface area (Å²) < 4.78 is 40.4. The van der Waals surface area contributed by atoms with E-state index < -0.39 is 15.8 Å². The molecule has 0 fully saturated rings. The maximum Gasteiger partial charge on any atom is 0.243 e. The van der Waals surface area contributed by atoms with Gasteiger partial charge in [0.1, 0.15) is 5.82 Å². The molecule has 7 heteroatoms. The monoisotopic (exact) mass is 372 g/mol. The Kier molecular flexibility index (Phi) is 7.83. The van der Waals surface area contributed by atoms with Crippen LogP contribution in [0.2, 0.25) is 0 Å². The summed E-state index contributed by atoms with van der Waals surface area (Å²) >= 11 is 0. The summed E-state index contributed by atoms with van der Waals surface area (Å²) in [5, 5.41) is 0. The first-order chi connectivity index (χ1) is 10.9. The second-order valence-electron chi connectivity index (χ2n) is 5.34. The Labute approximate surface area is 148 Å². The number of rotatable bonds is 7. The van der Waals surface area contributed by atoms with Crippen LogP contribution in [0.4, 0.5) is 4.39 Å². The number of nitrogens with two attached hydrogens (primary N) is 1. The number of hydrogen-bond donors (Lipinski definition) is 1. The van der Waals surface area contributed by atoms with Gasteiger partial charge >= 0.3 is 0 Å². The fourth-order valence-corrected chi connectivity index (χ4v) is 3.75. The molecule has 0 aliphatic carbocycles.